The molecule has 3 aromatic rings. The van der Waals surface area contributed by atoms with Crippen LogP contribution in [0.4, 0.5) is 11.4 Å². The predicted molar refractivity (Wildman–Crippen MR) is 128 cm³/mol. The largest absolute Gasteiger partial charge is 0.362 e. The smallest absolute Gasteiger partial charge is 0.292 e. The van der Waals surface area contributed by atoms with Gasteiger partial charge in [0, 0.05) is 38.7 Å². The average Bonchev–Trinajstić information content (AvgIpc) is 3.39. The molecule has 0 aliphatic carbocycles. The summed E-state index contributed by atoms with van der Waals surface area (Å²) in [6.07, 6.45) is 0.390. The Morgan fingerprint density at radius 3 is 2.33 bits per heavy atom. The van der Waals surface area contributed by atoms with E-state index in [2.05, 4.69) is 5.32 Å². The second-order valence-corrected chi connectivity index (χ2v) is 8.70. The van der Waals surface area contributed by atoms with Crippen molar-refractivity contribution >= 4 is 34.5 Å². The molecule has 2 amide bonds. The average molecular weight is 465 g/mol. The molecule has 1 fully saturated rings. The first-order chi connectivity index (χ1) is 16.0. The third-order valence-corrected chi connectivity index (χ3v) is 6.51. The molecule has 0 unspecified atom stereocenters. The fourth-order valence-electron chi connectivity index (χ4n) is 3.96. The van der Waals surface area contributed by atoms with Crippen molar-refractivity contribution in [2.24, 2.45) is 0 Å². The van der Waals surface area contributed by atoms with Gasteiger partial charge >= 0.3 is 0 Å². The van der Waals surface area contributed by atoms with Crippen LogP contribution in [-0.2, 0) is 11.2 Å². The van der Waals surface area contributed by atoms with Gasteiger partial charge in [-0.25, -0.2) is 0 Å². The second-order valence-electron chi connectivity index (χ2n) is 7.75. The van der Waals surface area contributed by atoms with Gasteiger partial charge in [-0.2, -0.15) is 0 Å². The Hall–Kier alpha value is -3.72. The van der Waals surface area contributed by atoms with Crippen LogP contribution in [-0.4, -0.2) is 53.9 Å². The van der Waals surface area contributed by atoms with Crippen LogP contribution in [0.5, 0.6) is 0 Å². The van der Waals surface area contributed by atoms with Crippen molar-refractivity contribution in [2.45, 2.75) is 12.5 Å². The fourth-order valence-corrected chi connectivity index (χ4v) is 4.59. The van der Waals surface area contributed by atoms with Crippen molar-refractivity contribution in [1.82, 2.24) is 10.2 Å². The maximum Gasteiger partial charge on any atom is 0.292 e. The number of amides is 2. The summed E-state index contributed by atoms with van der Waals surface area (Å²) in [5.41, 5.74) is 1.57. The molecule has 8 nitrogen and oxygen atoms in total. The second kappa shape index (κ2) is 10.3. The number of hydrogen-bond acceptors (Lipinski definition) is 6. The lowest BCUT2D eigenvalue weighted by Gasteiger charge is -2.37. The zero-order valence-corrected chi connectivity index (χ0v) is 18.7. The maximum absolute atomic E-state index is 13.4. The predicted octanol–water partition coefficient (Wildman–Crippen LogP) is 3.35. The van der Waals surface area contributed by atoms with Gasteiger partial charge in [0.2, 0.25) is 5.91 Å². The Morgan fingerprint density at radius 2 is 1.67 bits per heavy atom. The van der Waals surface area contributed by atoms with Gasteiger partial charge in [0.1, 0.15) is 11.7 Å². The molecule has 2 heterocycles. The summed E-state index contributed by atoms with van der Waals surface area (Å²) in [6.45, 7) is 1.80. The highest BCUT2D eigenvalue weighted by Gasteiger charge is 2.30. The summed E-state index contributed by atoms with van der Waals surface area (Å²) in [6, 6.07) is 19.1. The van der Waals surface area contributed by atoms with Gasteiger partial charge in [-0.15, -0.1) is 11.3 Å². The van der Waals surface area contributed by atoms with E-state index in [1.54, 1.807) is 35.2 Å². The third-order valence-electron chi connectivity index (χ3n) is 5.64. The SMILES string of the molecule is O=C(N[C@@H](Cc1ccccc1)C(=O)N1CCN(c2ccccc2[N+](=O)[O-])CC1)c1cccs1. The summed E-state index contributed by atoms with van der Waals surface area (Å²) in [5.74, 6) is -0.413. The molecule has 0 radical (unpaired) electrons. The van der Waals surface area contributed by atoms with Crippen molar-refractivity contribution < 1.29 is 14.5 Å². The summed E-state index contributed by atoms with van der Waals surface area (Å²) in [5, 5.41) is 16.1. The molecule has 1 aromatic heterocycles. The molecule has 1 atom stereocenters. The van der Waals surface area contributed by atoms with Gasteiger partial charge in [-0.05, 0) is 23.1 Å². The standard InChI is InChI=1S/C24H24N4O4S/c29-23(22-11-6-16-33-22)25-19(17-18-7-2-1-3-8-18)24(30)27-14-12-26(13-15-27)20-9-4-5-10-21(20)28(31)32/h1-11,16,19H,12-15,17H2,(H,25,29)/t19-/m0/s1. The van der Waals surface area contributed by atoms with E-state index in [-0.39, 0.29) is 22.4 Å². The number of anilines is 1. The molecule has 9 heteroatoms. The molecule has 4 rings (SSSR count). The molecule has 1 saturated heterocycles. The number of piperazine rings is 1. The molecule has 1 N–H and O–H groups in total. The fraction of sp³-hybridized carbons (Fsp3) is 0.250. The van der Waals surface area contributed by atoms with Gasteiger partial charge in [0.15, 0.2) is 0 Å². The molecular weight excluding hydrogens is 440 g/mol. The van der Waals surface area contributed by atoms with Crippen LogP contribution in [0.25, 0.3) is 0 Å². The highest BCUT2D eigenvalue weighted by Crippen LogP contribution is 2.28. The topological polar surface area (TPSA) is 95.8 Å². The van der Waals surface area contributed by atoms with Crippen molar-refractivity contribution in [2.75, 3.05) is 31.1 Å². The lowest BCUT2D eigenvalue weighted by molar-refractivity contribution is -0.384. The van der Waals surface area contributed by atoms with Crippen LogP contribution in [0.3, 0.4) is 0 Å². The Kier molecular flexibility index (Phi) is 6.99. The summed E-state index contributed by atoms with van der Waals surface area (Å²) in [7, 11) is 0. The zero-order chi connectivity index (χ0) is 23.2. The molecule has 1 aliphatic heterocycles. The number of nitro benzene ring substituents is 1. The third kappa shape index (κ3) is 5.38. The van der Waals surface area contributed by atoms with Crippen molar-refractivity contribution in [1.29, 1.82) is 0 Å². The molecule has 170 valence electrons. The summed E-state index contributed by atoms with van der Waals surface area (Å²) in [4.78, 5) is 41.3. The van der Waals surface area contributed by atoms with Crippen LogP contribution < -0.4 is 10.2 Å². The van der Waals surface area contributed by atoms with E-state index in [9.17, 15) is 19.7 Å². The Balaban J connectivity index is 1.46. The number of nitrogens with zero attached hydrogens (tertiary/aromatic N) is 3. The van der Waals surface area contributed by atoms with Crippen molar-refractivity contribution in [3.05, 3.63) is 92.7 Å². The van der Waals surface area contributed by atoms with Crippen molar-refractivity contribution in [3.63, 3.8) is 0 Å². The quantitative estimate of drug-likeness (QED) is 0.427. The number of para-hydroxylation sites is 2. The van der Waals surface area contributed by atoms with E-state index in [1.165, 1.54) is 17.4 Å². The maximum atomic E-state index is 13.4. The molecule has 2 aromatic carbocycles. The number of carbonyl (C=O) groups excluding carboxylic acids is 2. The van der Waals surface area contributed by atoms with E-state index in [4.69, 9.17) is 0 Å². The lowest BCUT2D eigenvalue weighted by atomic mass is 10.0. The number of rotatable bonds is 7. The normalized spacial score (nSPS) is 14.5. The van der Waals surface area contributed by atoms with E-state index in [0.717, 1.165) is 5.56 Å². The Labute approximate surface area is 195 Å². The van der Waals surface area contributed by atoms with Crippen LogP contribution in [0, 0.1) is 10.1 Å². The van der Waals surface area contributed by atoms with Crippen LogP contribution in [0.2, 0.25) is 0 Å². The molecule has 0 saturated carbocycles. The van der Waals surface area contributed by atoms with Gasteiger partial charge in [0.05, 0.1) is 9.80 Å². The summed E-state index contributed by atoms with van der Waals surface area (Å²) < 4.78 is 0. The number of nitrogens with one attached hydrogen (secondary N) is 1. The molecule has 0 bridgehead atoms. The molecular formula is C24H24N4O4S. The van der Waals surface area contributed by atoms with E-state index < -0.39 is 6.04 Å². The Bertz CT molecular complexity index is 1110. The van der Waals surface area contributed by atoms with Crippen LogP contribution >= 0.6 is 11.3 Å². The van der Waals surface area contributed by atoms with Crippen molar-refractivity contribution in [3.8, 4) is 0 Å². The summed E-state index contributed by atoms with van der Waals surface area (Å²) >= 11 is 1.33. The first-order valence-corrected chi connectivity index (χ1v) is 11.6. The van der Waals surface area contributed by atoms with E-state index in [0.29, 0.717) is 43.2 Å². The Morgan fingerprint density at radius 1 is 0.970 bits per heavy atom. The van der Waals surface area contributed by atoms with Gasteiger partial charge in [0.25, 0.3) is 11.6 Å². The monoisotopic (exact) mass is 464 g/mol. The minimum Gasteiger partial charge on any atom is -0.362 e. The lowest BCUT2D eigenvalue weighted by Crippen LogP contribution is -2.55. The molecule has 1 aliphatic rings. The van der Waals surface area contributed by atoms with E-state index in [1.807, 2.05) is 40.6 Å². The van der Waals surface area contributed by atoms with Crippen LogP contribution in [0.15, 0.2) is 72.1 Å². The molecule has 33 heavy (non-hydrogen) atoms. The number of hydrogen-bond donors (Lipinski definition) is 1. The highest BCUT2D eigenvalue weighted by atomic mass is 32.1. The van der Waals surface area contributed by atoms with E-state index >= 15 is 0 Å². The highest BCUT2D eigenvalue weighted by molar-refractivity contribution is 7.12. The van der Waals surface area contributed by atoms with Gasteiger partial charge in [-0.1, -0.05) is 48.5 Å². The van der Waals surface area contributed by atoms with Gasteiger partial charge < -0.3 is 15.1 Å². The van der Waals surface area contributed by atoms with Crippen LogP contribution in [0.1, 0.15) is 15.2 Å². The van der Waals surface area contributed by atoms with Gasteiger partial charge in [-0.3, -0.25) is 19.7 Å². The number of thiophene rings is 1. The first kappa shape index (κ1) is 22.5. The number of carbonyl (C=O) groups is 2. The molecule has 0 spiro atoms. The number of benzene rings is 2. The zero-order valence-electron chi connectivity index (χ0n) is 17.9. The minimum atomic E-state index is -0.695. The number of nitro groups is 1. The first-order valence-electron chi connectivity index (χ1n) is 10.7. The minimum absolute atomic E-state index is 0.0578.